The van der Waals surface area contributed by atoms with Crippen molar-refractivity contribution in [2.45, 2.75) is 12.8 Å². The number of pyridine rings is 1. The zero-order chi connectivity index (χ0) is 25.9. The predicted molar refractivity (Wildman–Crippen MR) is 138 cm³/mol. The zero-order valence-corrected chi connectivity index (χ0v) is 20.4. The lowest BCUT2D eigenvalue weighted by Crippen LogP contribution is -2.16. The first-order valence-corrected chi connectivity index (χ1v) is 11.8. The van der Waals surface area contributed by atoms with Gasteiger partial charge in [-0.25, -0.2) is 14.2 Å². The lowest BCUT2D eigenvalue weighted by Gasteiger charge is -2.12. The maximum atomic E-state index is 13.3. The molecule has 1 aliphatic carbocycles. The van der Waals surface area contributed by atoms with Crippen LogP contribution in [0.3, 0.4) is 0 Å². The molecule has 0 spiro atoms. The van der Waals surface area contributed by atoms with Crippen molar-refractivity contribution < 1.29 is 28.2 Å². The summed E-state index contributed by atoms with van der Waals surface area (Å²) in [7, 11) is 3.18. The molecule has 1 aliphatic rings. The maximum Gasteiger partial charge on any atom is 0.339 e. The van der Waals surface area contributed by atoms with E-state index in [1.165, 1.54) is 24.3 Å². The lowest BCUT2D eigenvalue weighted by molar-refractivity contribution is 0.0475. The Labute approximate surface area is 213 Å². The third-order valence-corrected chi connectivity index (χ3v) is 6.39. The van der Waals surface area contributed by atoms with Gasteiger partial charge >= 0.3 is 5.97 Å². The number of methoxy groups -OCH3 is 2. The van der Waals surface area contributed by atoms with Gasteiger partial charge in [0, 0.05) is 10.9 Å². The van der Waals surface area contributed by atoms with Crippen molar-refractivity contribution in [1.29, 1.82) is 0 Å². The topological polar surface area (TPSA) is 74.7 Å². The van der Waals surface area contributed by atoms with E-state index in [0.717, 1.165) is 22.4 Å². The molecule has 0 unspecified atom stereocenters. The van der Waals surface area contributed by atoms with Crippen molar-refractivity contribution in [1.82, 2.24) is 4.98 Å². The number of allylic oxidation sites excluding steroid dienone is 1. The monoisotopic (exact) mass is 497 g/mol. The summed E-state index contributed by atoms with van der Waals surface area (Å²) in [5, 5.41) is 0.674. The van der Waals surface area contributed by atoms with Crippen molar-refractivity contribution in [3.63, 3.8) is 0 Å². The summed E-state index contributed by atoms with van der Waals surface area (Å²) < 4.78 is 29.4. The average Bonchev–Trinajstić information content (AvgIpc) is 3.32. The Balaban J connectivity index is 1.49. The van der Waals surface area contributed by atoms with Gasteiger partial charge in [0.05, 0.1) is 31.0 Å². The number of ether oxygens (including phenoxy) is 3. The van der Waals surface area contributed by atoms with Gasteiger partial charge in [-0.1, -0.05) is 24.3 Å². The van der Waals surface area contributed by atoms with Gasteiger partial charge in [0.25, 0.3) is 0 Å². The second-order valence-electron chi connectivity index (χ2n) is 8.62. The predicted octanol–water partition coefficient (Wildman–Crippen LogP) is 5.92. The average molecular weight is 498 g/mol. The molecule has 0 saturated carbocycles. The summed E-state index contributed by atoms with van der Waals surface area (Å²) in [4.78, 5) is 30.7. The molecule has 0 aliphatic heterocycles. The summed E-state index contributed by atoms with van der Waals surface area (Å²) >= 11 is 0. The normalized spacial score (nSPS) is 13.4. The first kappa shape index (κ1) is 24.2. The zero-order valence-electron chi connectivity index (χ0n) is 20.4. The van der Waals surface area contributed by atoms with Crippen molar-refractivity contribution in [3.05, 3.63) is 100 Å². The van der Waals surface area contributed by atoms with Crippen LogP contribution in [0.2, 0.25) is 0 Å². The van der Waals surface area contributed by atoms with Crippen LogP contribution in [-0.4, -0.2) is 37.6 Å². The van der Waals surface area contributed by atoms with Gasteiger partial charge in [-0.2, -0.15) is 0 Å². The summed E-state index contributed by atoms with van der Waals surface area (Å²) in [6, 6.07) is 18.2. The minimum atomic E-state index is -0.585. The number of rotatable bonds is 7. The molecule has 5 rings (SSSR count). The van der Waals surface area contributed by atoms with Gasteiger partial charge in [0.1, 0.15) is 5.82 Å². The number of nitrogens with zero attached hydrogens (tertiary/aromatic N) is 1. The van der Waals surface area contributed by atoms with E-state index in [0.29, 0.717) is 40.8 Å². The van der Waals surface area contributed by atoms with E-state index in [4.69, 9.17) is 19.2 Å². The number of ketones is 1. The Bertz CT molecular complexity index is 1540. The highest BCUT2D eigenvalue weighted by molar-refractivity contribution is 6.08. The number of hydrogen-bond donors (Lipinski definition) is 0. The lowest BCUT2D eigenvalue weighted by atomic mass is 10.0. The molecule has 0 atom stereocenters. The Morgan fingerprint density at radius 1 is 0.946 bits per heavy atom. The fourth-order valence-corrected chi connectivity index (χ4v) is 4.58. The Morgan fingerprint density at radius 3 is 2.46 bits per heavy atom. The molecule has 4 aromatic rings. The van der Waals surface area contributed by atoms with Crippen LogP contribution in [0.15, 0.2) is 66.7 Å². The molecule has 0 saturated heterocycles. The summed E-state index contributed by atoms with van der Waals surface area (Å²) in [6.07, 6.45) is 3.34. The van der Waals surface area contributed by atoms with Gasteiger partial charge < -0.3 is 14.2 Å². The SMILES string of the molecule is COc1ccc(C=C2CCc3c2nc2ccccc2c3C(=O)OCC(=O)c2ccc(F)cc2)cc1OC. The summed E-state index contributed by atoms with van der Waals surface area (Å²) in [6.45, 7) is -0.440. The number of halogens is 1. The van der Waals surface area contributed by atoms with E-state index in [9.17, 15) is 14.0 Å². The fraction of sp³-hybridized carbons (Fsp3) is 0.167. The van der Waals surface area contributed by atoms with E-state index in [1.54, 1.807) is 14.2 Å². The Kier molecular flexibility index (Phi) is 6.68. The number of para-hydroxylation sites is 1. The number of hydrogen-bond acceptors (Lipinski definition) is 6. The summed E-state index contributed by atoms with van der Waals surface area (Å²) in [5.41, 5.74) is 4.81. The fourth-order valence-electron chi connectivity index (χ4n) is 4.58. The second-order valence-corrected chi connectivity index (χ2v) is 8.62. The van der Waals surface area contributed by atoms with Gasteiger partial charge in [0.2, 0.25) is 0 Å². The minimum Gasteiger partial charge on any atom is -0.493 e. The number of carbonyl (C=O) groups is 2. The summed E-state index contributed by atoms with van der Waals surface area (Å²) in [5.74, 6) is -0.170. The number of Topliss-reactive ketones (excluding diaryl/α,β-unsaturated/α-hetero) is 1. The van der Waals surface area contributed by atoms with Crippen molar-refractivity contribution in [2.24, 2.45) is 0 Å². The van der Waals surface area contributed by atoms with Crippen LogP contribution in [0.25, 0.3) is 22.6 Å². The van der Waals surface area contributed by atoms with Crippen molar-refractivity contribution in [3.8, 4) is 11.5 Å². The van der Waals surface area contributed by atoms with E-state index in [2.05, 4.69) is 0 Å². The van der Waals surface area contributed by atoms with Crippen LogP contribution in [0.4, 0.5) is 4.39 Å². The number of fused-ring (bicyclic) bond motifs is 2. The Hall–Kier alpha value is -4.52. The molecular formula is C30H24FNO5. The van der Waals surface area contributed by atoms with E-state index < -0.39 is 24.2 Å². The van der Waals surface area contributed by atoms with Crippen molar-refractivity contribution in [2.75, 3.05) is 20.8 Å². The highest BCUT2D eigenvalue weighted by atomic mass is 19.1. The number of benzene rings is 3. The molecule has 37 heavy (non-hydrogen) atoms. The van der Waals surface area contributed by atoms with Gasteiger partial charge in [-0.3, -0.25) is 4.79 Å². The molecule has 1 aromatic heterocycles. The highest BCUT2D eigenvalue weighted by Crippen LogP contribution is 2.38. The molecule has 0 amide bonds. The van der Waals surface area contributed by atoms with Crippen LogP contribution in [0.1, 0.15) is 44.0 Å². The number of aromatic nitrogens is 1. The van der Waals surface area contributed by atoms with E-state index in [1.807, 2.05) is 48.5 Å². The third-order valence-electron chi connectivity index (χ3n) is 6.39. The molecule has 0 N–H and O–H groups in total. The molecule has 0 bridgehead atoms. The molecule has 0 fully saturated rings. The molecule has 6 nitrogen and oxygen atoms in total. The smallest absolute Gasteiger partial charge is 0.339 e. The van der Waals surface area contributed by atoms with Gasteiger partial charge in [0.15, 0.2) is 23.9 Å². The number of carbonyl (C=O) groups excluding carboxylic acids is 2. The van der Waals surface area contributed by atoms with Crippen LogP contribution < -0.4 is 9.47 Å². The van der Waals surface area contributed by atoms with Crippen LogP contribution >= 0.6 is 0 Å². The van der Waals surface area contributed by atoms with E-state index >= 15 is 0 Å². The quantitative estimate of drug-likeness (QED) is 0.233. The van der Waals surface area contributed by atoms with Crippen LogP contribution in [0.5, 0.6) is 11.5 Å². The molecule has 186 valence electrons. The molecule has 0 radical (unpaired) electrons. The molecule has 7 heteroatoms. The standard InChI is InChI=1S/C30H24FNO5/c1-35-26-14-7-18(16-27(26)36-2)15-20-10-13-23-28(22-5-3-4-6-24(22)32-29(20)23)30(34)37-17-25(33)19-8-11-21(31)12-9-19/h3-9,11-12,14-16H,10,13,17H2,1-2H3. The van der Waals surface area contributed by atoms with Crippen molar-refractivity contribution >= 4 is 34.3 Å². The van der Waals surface area contributed by atoms with Crippen LogP contribution in [0, 0.1) is 5.82 Å². The first-order valence-electron chi connectivity index (χ1n) is 11.8. The highest BCUT2D eigenvalue weighted by Gasteiger charge is 2.28. The minimum absolute atomic E-state index is 0.277. The third kappa shape index (κ3) is 4.80. The largest absolute Gasteiger partial charge is 0.493 e. The Morgan fingerprint density at radius 2 is 1.70 bits per heavy atom. The van der Waals surface area contributed by atoms with Gasteiger partial charge in [-0.05, 0) is 78.1 Å². The first-order chi connectivity index (χ1) is 18.0. The second kappa shape index (κ2) is 10.2. The van der Waals surface area contributed by atoms with E-state index in [-0.39, 0.29) is 5.56 Å². The molecular weight excluding hydrogens is 473 g/mol. The molecule has 3 aromatic carbocycles. The van der Waals surface area contributed by atoms with Gasteiger partial charge in [-0.15, -0.1) is 0 Å². The van der Waals surface area contributed by atoms with Crippen LogP contribution in [-0.2, 0) is 11.2 Å². The number of esters is 1. The molecule has 1 heterocycles. The maximum absolute atomic E-state index is 13.3.